The van der Waals surface area contributed by atoms with Gasteiger partial charge in [0.25, 0.3) is 0 Å². The molecule has 0 saturated carbocycles. The molecular weight excluding hydrogens is 335 g/mol. The van der Waals surface area contributed by atoms with Gasteiger partial charge in [-0.25, -0.2) is 0 Å². The molecule has 1 unspecified atom stereocenters. The Kier molecular flexibility index (Phi) is 9.95. The Labute approximate surface area is 134 Å². The van der Waals surface area contributed by atoms with Crippen molar-refractivity contribution in [2.45, 2.75) is 65.6 Å². The molecule has 0 aromatic carbocycles. The number of hydrogen-bond donors (Lipinski definition) is 0. The maximum absolute atomic E-state index is 5.56. The van der Waals surface area contributed by atoms with Crippen LogP contribution in [0.5, 0.6) is 0 Å². The molecule has 1 rings (SSSR count). The van der Waals surface area contributed by atoms with Crippen LogP contribution >= 0.6 is 21.5 Å². The van der Waals surface area contributed by atoms with Gasteiger partial charge >= 0.3 is 134 Å². The summed E-state index contributed by atoms with van der Waals surface area (Å²) in [5.74, 6) is -0.465. The average molecular weight is 369 g/mol. The van der Waals surface area contributed by atoms with Crippen LogP contribution in [-0.2, 0) is 9.47 Å². The minimum absolute atomic E-state index is 0.0719. The van der Waals surface area contributed by atoms with E-state index in [1.807, 2.05) is 0 Å². The molecule has 0 N–H and O–H groups in total. The average Bonchev–Trinajstić information content (AvgIpc) is 2.94. The molecular formula is C16H34BrO2P. The van der Waals surface area contributed by atoms with Crippen molar-refractivity contribution in [3.8, 4) is 0 Å². The van der Waals surface area contributed by atoms with Crippen molar-refractivity contribution < 1.29 is 9.47 Å². The van der Waals surface area contributed by atoms with E-state index >= 15 is 0 Å². The molecule has 1 aliphatic rings. The molecule has 1 saturated heterocycles. The van der Waals surface area contributed by atoms with E-state index in [9.17, 15) is 0 Å². The molecule has 0 spiro atoms. The number of halogens is 1. The van der Waals surface area contributed by atoms with Crippen molar-refractivity contribution in [1.82, 2.24) is 0 Å². The van der Waals surface area contributed by atoms with Crippen molar-refractivity contribution in [3.63, 3.8) is 0 Å². The first-order chi connectivity index (χ1) is 9.59. The molecule has 1 fully saturated rings. The summed E-state index contributed by atoms with van der Waals surface area (Å²) in [7, 11) is 0. The summed E-state index contributed by atoms with van der Waals surface area (Å²) >= 11 is 4.21. The second-order valence-electron chi connectivity index (χ2n) is 6.41. The van der Waals surface area contributed by atoms with E-state index < -0.39 is 5.96 Å². The third kappa shape index (κ3) is 7.73. The Hall–Kier alpha value is 0.830. The van der Waals surface area contributed by atoms with Crippen LogP contribution < -0.4 is 0 Å². The molecule has 1 aliphatic heterocycles. The summed E-state index contributed by atoms with van der Waals surface area (Å²) in [6, 6.07) is 0. The standard InChI is InChI=1S/C16H34BrO2P/c1-4-6-11-20(17,12-7-5-2)13-8-15(3)14-16-18-9-10-19-16/h15-16,20H,4-14H2,1-3H3. The van der Waals surface area contributed by atoms with Crippen LogP contribution in [0.25, 0.3) is 0 Å². The summed E-state index contributed by atoms with van der Waals surface area (Å²) in [4.78, 5) is 0. The molecule has 1 atom stereocenters. The first kappa shape index (κ1) is 18.9. The van der Waals surface area contributed by atoms with Gasteiger partial charge in [-0.1, -0.05) is 0 Å². The molecule has 0 radical (unpaired) electrons. The fourth-order valence-electron chi connectivity index (χ4n) is 2.86. The fraction of sp³-hybridized carbons (Fsp3) is 1.00. The van der Waals surface area contributed by atoms with Crippen molar-refractivity contribution in [2.24, 2.45) is 5.92 Å². The summed E-state index contributed by atoms with van der Waals surface area (Å²) < 4.78 is 11.1. The number of rotatable bonds is 11. The van der Waals surface area contributed by atoms with Crippen LogP contribution in [0.3, 0.4) is 0 Å². The van der Waals surface area contributed by atoms with E-state index in [0.717, 1.165) is 19.6 Å². The van der Waals surface area contributed by atoms with Crippen molar-refractivity contribution in [2.75, 3.05) is 31.7 Å². The molecule has 1 heterocycles. The predicted octanol–water partition coefficient (Wildman–Crippen LogP) is 5.44. The van der Waals surface area contributed by atoms with E-state index in [0.29, 0.717) is 5.92 Å². The maximum atomic E-state index is 5.56. The zero-order chi connectivity index (χ0) is 14.8. The van der Waals surface area contributed by atoms with Gasteiger partial charge in [0.15, 0.2) is 0 Å². The fourth-order valence-corrected chi connectivity index (χ4v) is 8.96. The van der Waals surface area contributed by atoms with Crippen molar-refractivity contribution >= 4 is 21.5 Å². The molecule has 0 aromatic rings. The molecule has 122 valence electrons. The summed E-state index contributed by atoms with van der Waals surface area (Å²) in [6.07, 6.45) is 12.2. The van der Waals surface area contributed by atoms with E-state index in [2.05, 4.69) is 36.3 Å². The second-order valence-corrected chi connectivity index (χ2v) is 15.3. The van der Waals surface area contributed by atoms with Crippen LogP contribution in [0, 0.1) is 5.92 Å². The van der Waals surface area contributed by atoms with Gasteiger partial charge in [0.2, 0.25) is 0 Å². The number of unbranched alkanes of at least 4 members (excludes halogenated alkanes) is 2. The van der Waals surface area contributed by atoms with E-state index in [4.69, 9.17) is 9.47 Å². The Morgan fingerprint density at radius 3 is 2.10 bits per heavy atom. The number of ether oxygens (including phenoxy) is 2. The van der Waals surface area contributed by atoms with Gasteiger partial charge in [-0.05, 0) is 0 Å². The molecule has 0 amide bonds. The molecule has 0 bridgehead atoms. The zero-order valence-corrected chi connectivity index (χ0v) is 16.2. The quantitative estimate of drug-likeness (QED) is 0.452. The Bertz CT molecular complexity index is 237. The molecule has 0 aromatic heterocycles. The third-order valence-corrected chi connectivity index (χ3v) is 11.6. The molecule has 20 heavy (non-hydrogen) atoms. The van der Waals surface area contributed by atoms with Crippen molar-refractivity contribution in [1.29, 1.82) is 0 Å². The predicted molar refractivity (Wildman–Crippen MR) is 95.7 cm³/mol. The summed E-state index contributed by atoms with van der Waals surface area (Å²) in [6.45, 7) is 8.52. The summed E-state index contributed by atoms with van der Waals surface area (Å²) in [5.41, 5.74) is 0. The van der Waals surface area contributed by atoms with Crippen LogP contribution in [0.15, 0.2) is 0 Å². The van der Waals surface area contributed by atoms with Crippen LogP contribution in [0.1, 0.15) is 59.3 Å². The molecule has 2 nitrogen and oxygen atoms in total. The van der Waals surface area contributed by atoms with Crippen LogP contribution in [0.2, 0.25) is 0 Å². The minimum atomic E-state index is -1.18. The SMILES string of the molecule is CCCC[PH](Br)(CCCC)CCC(C)CC1OCCO1. The Morgan fingerprint density at radius 1 is 1.05 bits per heavy atom. The topological polar surface area (TPSA) is 18.5 Å². The Balaban J connectivity index is 2.31. The first-order valence-corrected chi connectivity index (χ1v) is 13.4. The molecule has 0 aliphatic carbocycles. The van der Waals surface area contributed by atoms with Gasteiger partial charge in [-0.3, -0.25) is 0 Å². The van der Waals surface area contributed by atoms with Gasteiger partial charge in [-0.2, -0.15) is 0 Å². The van der Waals surface area contributed by atoms with Gasteiger partial charge in [0.05, 0.1) is 0 Å². The van der Waals surface area contributed by atoms with E-state index in [1.165, 1.54) is 50.6 Å². The molecule has 4 heteroatoms. The second kappa shape index (κ2) is 10.5. The first-order valence-electron chi connectivity index (χ1n) is 8.51. The summed E-state index contributed by atoms with van der Waals surface area (Å²) in [5, 5.41) is 0. The van der Waals surface area contributed by atoms with E-state index in [-0.39, 0.29) is 6.29 Å². The monoisotopic (exact) mass is 368 g/mol. The normalized spacial score (nSPS) is 19.4. The zero-order valence-electron chi connectivity index (χ0n) is 13.6. The van der Waals surface area contributed by atoms with Crippen LogP contribution in [-0.4, -0.2) is 38.0 Å². The number of hydrogen-bond acceptors (Lipinski definition) is 2. The van der Waals surface area contributed by atoms with Crippen LogP contribution in [0.4, 0.5) is 0 Å². The van der Waals surface area contributed by atoms with Gasteiger partial charge in [-0.15, -0.1) is 0 Å². The van der Waals surface area contributed by atoms with Crippen molar-refractivity contribution in [3.05, 3.63) is 0 Å². The van der Waals surface area contributed by atoms with E-state index in [1.54, 1.807) is 0 Å². The Morgan fingerprint density at radius 2 is 1.60 bits per heavy atom. The van der Waals surface area contributed by atoms with Gasteiger partial charge < -0.3 is 0 Å². The van der Waals surface area contributed by atoms with Gasteiger partial charge in [0.1, 0.15) is 0 Å². The third-order valence-electron chi connectivity index (χ3n) is 4.33. The van der Waals surface area contributed by atoms with Gasteiger partial charge in [0, 0.05) is 0 Å².